The molecule has 2 N–H and O–H groups in total. The van der Waals surface area contributed by atoms with E-state index in [2.05, 4.69) is 16.4 Å². The molecule has 2 atom stereocenters. The lowest BCUT2D eigenvalue weighted by atomic mass is 9.92. The van der Waals surface area contributed by atoms with Crippen LogP contribution in [0.1, 0.15) is 40.1 Å². The molecule has 2 amide bonds. The lowest BCUT2D eigenvalue weighted by Gasteiger charge is -2.34. The standard InChI is InChI=1S/C24H25N3O4/c1-14-10-17(7-6-15-12-25-20-5-3-2-4-18(15)20)31-24(30)22(14)23(29)27-9-8-19-16(13-27)11-21(28)26-19/h2-5,10,12,16,19,25H,6-9,11,13H2,1H3,(H,26,28)/t16-,19+/m1/s1. The van der Waals surface area contributed by atoms with Gasteiger partial charge in [-0.1, -0.05) is 18.2 Å². The highest BCUT2D eigenvalue weighted by molar-refractivity contribution is 5.95. The summed E-state index contributed by atoms with van der Waals surface area (Å²) in [6.07, 6.45) is 4.45. The number of amides is 2. The van der Waals surface area contributed by atoms with Crippen molar-refractivity contribution in [2.45, 2.75) is 38.6 Å². The Kier molecular flexibility index (Phi) is 4.88. The number of rotatable bonds is 4. The van der Waals surface area contributed by atoms with Crippen LogP contribution in [0.25, 0.3) is 10.9 Å². The number of carbonyl (C=O) groups excluding carboxylic acids is 2. The summed E-state index contributed by atoms with van der Waals surface area (Å²) >= 11 is 0. The third-order valence-electron chi connectivity index (χ3n) is 6.54. The molecule has 0 saturated carbocycles. The summed E-state index contributed by atoms with van der Waals surface area (Å²) in [5.41, 5.74) is 2.41. The summed E-state index contributed by atoms with van der Waals surface area (Å²) in [5.74, 6) is 0.438. The van der Waals surface area contributed by atoms with Crippen molar-refractivity contribution >= 4 is 22.7 Å². The fourth-order valence-corrected chi connectivity index (χ4v) is 4.93. The fourth-order valence-electron chi connectivity index (χ4n) is 4.93. The molecule has 0 spiro atoms. The number of nitrogens with one attached hydrogen (secondary N) is 2. The van der Waals surface area contributed by atoms with E-state index in [9.17, 15) is 14.4 Å². The zero-order chi connectivity index (χ0) is 21.5. The van der Waals surface area contributed by atoms with Gasteiger partial charge >= 0.3 is 5.63 Å². The number of carbonyl (C=O) groups is 2. The first kappa shape index (κ1) is 19.6. The number of aryl methyl sites for hydroxylation is 3. The number of benzene rings is 1. The number of aromatic nitrogens is 1. The van der Waals surface area contributed by atoms with E-state index in [1.807, 2.05) is 24.4 Å². The number of H-pyrrole nitrogens is 1. The van der Waals surface area contributed by atoms with Crippen LogP contribution < -0.4 is 10.9 Å². The molecule has 2 aliphatic rings. The maximum absolute atomic E-state index is 13.1. The van der Waals surface area contributed by atoms with Gasteiger partial charge in [-0.05, 0) is 43.0 Å². The average molecular weight is 419 g/mol. The van der Waals surface area contributed by atoms with E-state index >= 15 is 0 Å². The van der Waals surface area contributed by atoms with Gasteiger partial charge in [-0.15, -0.1) is 0 Å². The SMILES string of the molecule is Cc1cc(CCc2c[nH]c3ccccc23)oc(=O)c1C(=O)N1CC[C@@H]2NC(=O)C[C@@H]2C1. The smallest absolute Gasteiger partial charge is 0.349 e. The second-order valence-corrected chi connectivity index (χ2v) is 8.60. The van der Waals surface area contributed by atoms with Crippen LogP contribution in [0.15, 0.2) is 45.7 Å². The number of likely N-dealkylation sites (tertiary alicyclic amines) is 1. The molecule has 3 aromatic rings. The minimum Gasteiger partial charge on any atom is -0.427 e. The van der Waals surface area contributed by atoms with Gasteiger partial charge in [-0.3, -0.25) is 9.59 Å². The fraction of sp³-hybridized carbons (Fsp3) is 0.375. The lowest BCUT2D eigenvalue weighted by molar-refractivity contribution is -0.119. The third kappa shape index (κ3) is 3.65. The number of piperidine rings is 1. The molecule has 0 radical (unpaired) electrons. The molecule has 2 aromatic heterocycles. The Morgan fingerprint density at radius 2 is 2.06 bits per heavy atom. The predicted octanol–water partition coefficient (Wildman–Crippen LogP) is 2.57. The van der Waals surface area contributed by atoms with E-state index in [0.717, 1.165) is 23.7 Å². The molecule has 31 heavy (non-hydrogen) atoms. The first-order chi connectivity index (χ1) is 15.0. The van der Waals surface area contributed by atoms with Gasteiger partial charge in [-0.25, -0.2) is 4.79 Å². The van der Waals surface area contributed by atoms with Crippen molar-refractivity contribution in [2.24, 2.45) is 5.92 Å². The van der Waals surface area contributed by atoms with Crippen LogP contribution in [-0.4, -0.2) is 40.8 Å². The molecule has 2 fully saturated rings. The summed E-state index contributed by atoms with van der Waals surface area (Å²) in [4.78, 5) is 42.4. The number of aromatic amines is 1. The molecular formula is C24H25N3O4. The Bertz CT molecular complexity index is 1230. The van der Waals surface area contributed by atoms with Gasteiger partial charge in [0.05, 0.1) is 0 Å². The summed E-state index contributed by atoms with van der Waals surface area (Å²) < 4.78 is 5.54. The van der Waals surface area contributed by atoms with E-state index in [4.69, 9.17) is 4.42 Å². The maximum Gasteiger partial charge on any atom is 0.349 e. The van der Waals surface area contributed by atoms with Crippen molar-refractivity contribution in [3.05, 3.63) is 69.4 Å². The number of nitrogens with zero attached hydrogens (tertiary/aromatic N) is 1. The summed E-state index contributed by atoms with van der Waals surface area (Å²) in [7, 11) is 0. The Hall–Kier alpha value is -3.35. The van der Waals surface area contributed by atoms with Crippen molar-refractivity contribution in [3.8, 4) is 0 Å². The van der Waals surface area contributed by atoms with E-state index in [0.29, 0.717) is 37.3 Å². The van der Waals surface area contributed by atoms with Gasteiger partial charge < -0.3 is 19.6 Å². The van der Waals surface area contributed by atoms with E-state index in [1.54, 1.807) is 17.9 Å². The number of fused-ring (bicyclic) bond motifs is 2. The number of hydrogen-bond acceptors (Lipinski definition) is 4. The normalized spacial score (nSPS) is 20.7. The summed E-state index contributed by atoms with van der Waals surface area (Å²) in [5, 5.41) is 4.13. The maximum atomic E-state index is 13.1. The van der Waals surface area contributed by atoms with Gasteiger partial charge in [0, 0.05) is 55.0 Å². The van der Waals surface area contributed by atoms with Gasteiger partial charge in [-0.2, -0.15) is 0 Å². The minimum absolute atomic E-state index is 0.0412. The zero-order valence-electron chi connectivity index (χ0n) is 17.4. The van der Waals surface area contributed by atoms with E-state index in [1.165, 1.54) is 5.56 Å². The average Bonchev–Trinajstić information content (AvgIpc) is 3.33. The molecular weight excluding hydrogens is 394 g/mol. The quantitative estimate of drug-likeness (QED) is 0.679. The van der Waals surface area contributed by atoms with Crippen molar-refractivity contribution < 1.29 is 14.0 Å². The predicted molar refractivity (Wildman–Crippen MR) is 116 cm³/mol. The summed E-state index contributed by atoms with van der Waals surface area (Å²) in [6, 6.07) is 10.0. The number of hydrogen-bond donors (Lipinski definition) is 2. The Morgan fingerprint density at radius 3 is 2.90 bits per heavy atom. The van der Waals surface area contributed by atoms with E-state index in [-0.39, 0.29) is 29.3 Å². The highest BCUT2D eigenvalue weighted by Crippen LogP contribution is 2.26. The van der Waals surface area contributed by atoms with Crippen LogP contribution in [0, 0.1) is 12.8 Å². The van der Waals surface area contributed by atoms with Gasteiger partial charge in [0.15, 0.2) is 0 Å². The highest BCUT2D eigenvalue weighted by Gasteiger charge is 2.39. The second-order valence-electron chi connectivity index (χ2n) is 8.60. The Balaban J connectivity index is 1.31. The topological polar surface area (TPSA) is 95.4 Å². The molecule has 160 valence electrons. The summed E-state index contributed by atoms with van der Waals surface area (Å²) in [6.45, 7) is 2.80. The van der Waals surface area contributed by atoms with Crippen LogP contribution >= 0.6 is 0 Å². The zero-order valence-corrected chi connectivity index (χ0v) is 17.4. The molecule has 0 aliphatic carbocycles. The van der Waals surface area contributed by atoms with Crippen molar-refractivity contribution in [1.82, 2.24) is 15.2 Å². The van der Waals surface area contributed by atoms with Crippen LogP contribution in [0.5, 0.6) is 0 Å². The van der Waals surface area contributed by atoms with Crippen LogP contribution in [0.3, 0.4) is 0 Å². The molecule has 7 heteroatoms. The van der Waals surface area contributed by atoms with E-state index < -0.39 is 5.63 Å². The molecule has 4 heterocycles. The van der Waals surface area contributed by atoms with Crippen molar-refractivity contribution in [1.29, 1.82) is 0 Å². The first-order valence-corrected chi connectivity index (χ1v) is 10.8. The van der Waals surface area contributed by atoms with Crippen molar-refractivity contribution in [2.75, 3.05) is 13.1 Å². The molecule has 0 unspecified atom stereocenters. The van der Waals surface area contributed by atoms with Crippen LogP contribution in [0.2, 0.25) is 0 Å². The third-order valence-corrected chi connectivity index (χ3v) is 6.54. The molecule has 1 aromatic carbocycles. The molecule has 0 bridgehead atoms. The minimum atomic E-state index is -0.582. The second kappa shape index (κ2) is 7.72. The molecule has 2 saturated heterocycles. The van der Waals surface area contributed by atoms with Crippen LogP contribution in [-0.2, 0) is 17.6 Å². The Labute approximate surface area is 179 Å². The van der Waals surface area contributed by atoms with Gasteiger partial charge in [0.2, 0.25) is 5.91 Å². The molecule has 5 rings (SSSR count). The van der Waals surface area contributed by atoms with Gasteiger partial charge in [0.25, 0.3) is 5.91 Å². The lowest BCUT2D eigenvalue weighted by Crippen LogP contribution is -2.48. The number of para-hydroxylation sites is 1. The van der Waals surface area contributed by atoms with Gasteiger partial charge in [0.1, 0.15) is 11.3 Å². The first-order valence-electron chi connectivity index (χ1n) is 10.8. The molecule has 2 aliphatic heterocycles. The Morgan fingerprint density at radius 1 is 1.23 bits per heavy atom. The monoisotopic (exact) mass is 419 g/mol. The van der Waals surface area contributed by atoms with Crippen LogP contribution in [0.4, 0.5) is 0 Å². The van der Waals surface area contributed by atoms with Crippen molar-refractivity contribution in [3.63, 3.8) is 0 Å². The largest absolute Gasteiger partial charge is 0.427 e. The highest BCUT2D eigenvalue weighted by atomic mass is 16.4. The molecule has 7 nitrogen and oxygen atoms in total.